The molecule has 4 heteroatoms. The summed E-state index contributed by atoms with van der Waals surface area (Å²) in [4.78, 5) is 2.53. The number of rotatable bonds is 7. The molecule has 0 aromatic heterocycles. The fraction of sp³-hybridized carbons (Fsp3) is 0.714. The van der Waals surface area contributed by atoms with Gasteiger partial charge in [-0.2, -0.15) is 0 Å². The van der Waals surface area contributed by atoms with Crippen LogP contribution in [0.1, 0.15) is 57.4 Å². The van der Waals surface area contributed by atoms with Gasteiger partial charge in [0, 0.05) is 31.7 Å². The first-order valence-electron chi connectivity index (χ1n) is 10.1. The van der Waals surface area contributed by atoms with E-state index in [0.717, 1.165) is 44.8 Å². The fourth-order valence-electron chi connectivity index (χ4n) is 4.18. The molecule has 25 heavy (non-hydrogen) atoms. The number of nitrogens with zero attached hydrogens (tertiary/aromatic N) is 1. The maximum Gasteiger partial charge on any atom is 0.119 e. The normalized spacial score (nSPS) is 25.8. The summed E-state index contributed by atoms with van der Waals surface area (Å²) in [7, 11) is 0. The molecule has 0 amide bonds. The van der Waals surface area contributed by atoms with E-state index < -0.39 is 0 Å². The van der Waals surface area contributed by atoms with E-state index in [-0.39, 0.29) is 6.10 Å². The number of aliphatic hydroxyl groups excluding tert-OH is 1. The molecule has 0 radical (unpaired) electrons. The first kappa shape index (κ1) is 18.7. The fourth-order valence-corrected chi connectivity index (χ4v) is 4.18. The van der Waals surface area contributed by atoms with Crippen LogP contribution in [-0.4, -0.2) is 47.9 Å². The Morgan fingerprint density at radius 1 is 1.16 bits per heavy atom. The minimum atomic E-state index is -0.107. The van der Waals surface area contributed by atoms with Crippen LogP contribution < -0.4 is 10.1 Å². The van der Waals surface area contributed by atoms with Crippen LogP contribution in [0.2, 0.25) is 0 Å². The Hall–Kier alpha value is -1.10. The molecule has 1 aliphatic heterocycles. The largest absolute Gasteiger partial charge is 0.494 e. The molecular formula is C21H34N2O2. The average molecular weight is 347 g/mol. The van der Waals surface area contributed by atoms with Gasteiger partial charge in [-0.05, 0) is 49.8 Å². The highest BCUT2D eigenvalue weighted by Crippen LogP contribution is 2.26. The number of ether oxygens (including phenoxy) is 1. The van der Waals surface area contributed by atoms with E-state index in [1.165, 1.54) is 37.7 Å². The van der Waals surface area contributed by atoms with E-state index in [4.69, 9.17) is 4.74 Å². The van der Waals surface area contributed by atoms with Crippen molar-refractivity contribution in [1.82, 2.24) is 10.2 Å². The maximum atomic E-state index is 10.3. The Labute approximate surface area is 152 Å². The molecular weight excluding hydrogens is 312 g/mol. The second-order valence-corrected chi connectivity index (χ2v) is 7.61. The van der Waals surface area contributed by atoms with Gasteiger partial charge in [0.05, 0.1) is 12.7 Å². The summed E-state index contributed by atoms with van der Waals surface area (Å²) in [5.74, 6) is 0.974. The smallest absolute Gasteiger partial charge is 0.119 e. The molecule has 2 atom stereocenters. The highest BCUT2D eigenvalue weighted by atomic mass is 16.5. The molecule has 2 unspecified atom stereocenters. The quantitative estimate of drug-likeness (QED) is 0.795. The molecule has 2 N–H and O–H groups in total. The third kappa shape index (κ3) is 5.44. The molecule has 0 spiro atoms. The average Bonchev–Trinajstić information content (AvgIpc) is 2.66. The van der Waals surface area contributed by atoms with Crippen LogP contribution in [0.15, 0.2) is 24.3 Å². The third-order valence-corrected chi connectivity index (χ3v) is 5.66. The molecule has 3 rings (SSSR count). The van der Waals surface area contributed by atoms with E-state index in [9.17, 15) is 5.11 Å². The van der Waals surface area contributed by atoms with Crippen molar-refractivity contribution in [2.24, 2.45) is 0 Å². The zero-order chi connectivity index (χ0) is 17.5. The van der Waals surface area contributed by atoms with Gasteiger partial charge < -0.3 is 15.2 Å². The summed E-state index contributed by atoms with van der Waals surface area (Å²) in [6.45, 7) is 6.03. The Morgan fingerprint density at radius 3 is 2.72 bits per heavy atom. The topological polar surface area (TPSA) is 44.7 Å². The standard InChI is InChI=1S/C21H34N2O2/c1-2-14-25-19-7-5-6-17(15-19)16-22-18-10-12-23(13-11-18)20-8-3-4-9-21(20)24/h5-7,15,18,20-22,24H,2-4,8-14,16H2,1H3. The minimum absolute atomic E-state index is 0.107. The summed E-state index contributed by atoms with van der Waals surface area (Å²) in [5.41, 5.74) is 1.29. The van der Waals surface area contributed by atoms with Gasteiger partial charge in [-0.15, -0.1) is 0 Å². The Morgan fingerprint density at radius 2 is 1.96 bits per heavy atom. The zero-order valence-electron chi connectivity index (χ0n) is 15.6. The summed E-state index contributed by atoms with van der Waals surface area (Å²) < 4.78 is 5.72. The van der Waals surface area contributed by atoms with Gasteiger partial charge >= 0.3 is 0 Å². The molecule has 0 bridgehead atoms. The SMILES string of the molecule is CCCOc1cccc(CNC2CCN(C3CCCCC3O)CC2)c1. The Bertz CT molecular complexity index is 514. The van der Waals surface area contributed by atoms with Gasteiger partial charge in [0.2, 0.25) is 0 Å². The number of hydrogen-bond donors (Lipinski definition) is 2. The number of nitrogens with one attached hydrogen (secondary N) is 1. The van der Waals surface area contributed by atoms with Crippen molar-refractivity contribution in [3.05, 3.63) is 29.8 Å². The first-order chi connectivity index (χ1) is 12.3. The Kier molecular flexibility index (Phi) is 7.14. The summed E-state index contributed by atoms with van der Waals surface area (Å²) >= 11 is 0. The molecule has 1 aliphatic carbocycles. The van der Waals surface area contributed by atoms with Crippen molar-refractivity contribution in [1.29, 1.82) is 0 Å². The molecule has 1 aromatic rings. The monoisotopic (exact) mass is 346 g/mol. The highest BCUT2D eigenvalue weighted by Gasteiger charge is 2.31. The second kappa shape index (κ2) is 9.56. The molecule has 1 saturated carbocycles. The maximum absolute atomic E-state index is 10.3. The highest BCUT2D eigenvalue weighted by molar-refractivity contribution is 5.28. The van der Waals surface area contributed by atoms with Gasteiger partial charge in [-0.3, -0.25) is 4.90 Å². The summed E-state index contributed by atoms with van der Waals surface area (Å²) in [5, 5.41) is 14.0. The number of piperidine rings is 1. The second-order valence-electron chi connectivity index (χ2n) is 7.61. The van der Waals surface area contributed by atoms with Crippen LogP contribution in [0.4, 0.5) is 0 Å². The van der Waals surface area contributed by atoms with Gasteiger partial charge in [-0.25, -0.2) is 0 Å². The lowest BCUT2D eigenvalue weighted by Gasteiger charge is -2.41. The minimum Gasteiger partial charge on any atom is -0.494 e. The lowest BCUT2D eigenvalue weighted by Crippen LogP contribution is -2.51. The van der Waals surface area contributed by atoms with Crippen molar-refractivity contribution < 1.29 is 9.84 Å². The number of likely N-dealkylation sites (tertiary alicyclic amines) is 1. The van der Waals surface area contributed by atoms with Crippen molar-refractivity contribution in [3.63, 3.8) is 0 Å². The van der Waals surface area contributed by atoms with Gasteiger partial charge in [0.15, 0.2) is 0 Å². The summed E-state index contributed by atoms with van der Waals surface area (Å²) in [6, 6.07) is 9.41. The van der Waals surface area contributed by atoms with Crippen LogP contribution in [0.5, 0.6) is 5.75 Å². The first-order valence-corrected chi connectivity index (χ1v) is 10.1. The molecule has 2 fully saturated rings. The molecule has 4 nitrogen and oxygen atoms in total. The van der Waals surface area contributed by atoms with Crippen LogP contribution in [0.3, 0.4) is 0 Å². The molecule has 1 aromatic carbocycles. The van der Waals surface area contributed by atoms with Crippen LogP contribution in [-0.2, 0) is 6.54 Å². The van der Waals surface area contributed by atoms with E-state index in [1.807, 2.05) is 6.07 Å². The zero-order valence-corrected chi connectivity index (χ0v) is 15.6. The van der Waals surface area contributed by atoms with Crippen LogP contribution in [0, 0.1) is 0 Å². The van der Waals surface area contributed by atoms with E-state index in [0.29, 0.717) is 12.1 Å². The molecule has 2 aliphatic rings. The van der Waals surface area contributed by atoms with Crippen molar-refractivity contribution in [3.8, 4) is 5.75 Å². The predicted molar refractivity (Wildman–Crippen MR) is 102 cm³/mol. The van der Waals surface area contributed by atoms with E-state index >= 15 is 0 Å². The van der Waals surface area contributed by atoms with Crippen LogP contribution in [0.25, 0.3) is 0 Å². The van der Waals surface area contributed by atoms with Gasteiger partial charge in [0.25, 0.3) is 0 Å². The predicted octanol–water partition coefficient (Wildman–Crippen LogP) is 3.33. The summed E-state index contributed by atoms with van der Waals surface area (Å²) in [6.07, 6.45) is 7.90. The Balaban J connectivity index is 1.42. The number of aliphatic hydroxyl groups is 1. The van der Waals surface area contributed by atoms with Crippen molar-refractivity contribution in [2.75, 3.05) is 19.7 Å². The lowest BCUT2D eigenvalue weighted by atomic mass is 9.89. The number of hydrogen-bond acceptors (Lipinski definition) is 4. The van der Waals surface area contributed by atoms with Gasteiger partial charge in [-0.1, -0.05) is 31.9 Å². The lowest BCUT2D eigenvalue weighted by molar-refractivity contribution is 0.00714. The van der Waals surface area contributed by atoms with Crippen LogP contribution >= 0.6 is 0 Å². The molecule has 140 valence electrons. The van der Waals surface area contributed by atoms with E-state index in [2.05, 4.69) is 35.3 Å². The third-order valence-electron chi connectivity index (χ3n) is 5.66. The molecule has 1 heterocycles. The van der Waals surface area contributed by atoms with Crippen molar-refractivity contribution in [2.45, 2.75) is 76.6 Å². The number of benzene rings is 1. The molecule has 1 saturated heterocycles. The van der Waals surface area contributed by atoms with Gasteiger partial charge in [0.1, 0.15) is 5.75 Å². The van der Waals surface area contributed by atoms with E-state index in [1.54, 1.807) is 0 Å². The van der Waals surface area contributed by atoms with Crippen molar-refractivity contribution >= 4 is 0 Å².